The average molecular weight is 355 g/mol. The van der Waals surface area contributed by atoms with Crippen LogP contribution in [-0.4, -0.2) is 6.04 Å². The van der Waals surface area contributed by atoms with Crippen molar-refractivity contribution in [2.75, 3.05) is 0 Å². The summed E-state index contributed by atoms with van der Waals surface area (Å²) in [4.78, 5) is 0. The Morgan fingerprint density at radius 3 is 2.60 bits per heavy atom. The predicted octanol–water partition coefficient (Wildman–Crippen LogP) is 4.96. The summed E-state index contributed by atoms with van der Waals surface area (Å²) in [5, 5.41) is 0.687. The van der Waals surface area contributed by atoms with Gasteiger partial charge in [0.05, 0.1) is 4.47 Å². The highest BCUT2D eigenvalue weighted by Crippen LogP contribution is 2.31. The Hall–Kier alpha value is -1.03. The fourth-order valence-electron chi connectivity index (χ4n) is 1.98. The van der Waals surface area contributed by atoms with Gasteiger partial charge in [-0.1, -0.05) is 42.8 Å². The Morgan fingerprint density at radius 2 is 1.95 bits per heavy atom. The normalized spacial score (nSPS) is 13.8. The van der Waals surface area contributed by atoms with Gasteiger partial charge in [-0.25, -0.2) is 0 Å². The minimum atomic E-state index is -0.225. The summed E-state index contributed by atoms with van der Waals surface area (Å²) in [6.45, 7) is 2.05. The zero-order valence-corrected chi connectivity index (χ0v) is 13.6. The van der Waals surface area contributed by atoms with E-state index < -0.39 is 0 Å². The lowest BCUT2D eigenvalue weighted by Gasteiger charge is -2.25. The smallest absolute Gasteiger partial charge is 0.139 e. The van der Waals surface area contributed by atoms with E-state index in [9.17, 15) is 0 Å². The molecule has 2 atom stereocenters. The maximum atomic E-state index is 6.21. The van der Waals surface area contributed by atoms with Crippen LogP contribution < -0.4 is 10.5 Å². The van der Waals surface area contributed by atoms with E-state index in [0.29, 0.717) is 5.02 Å². The number of hydrogen-bond donors (Lipinski definition) is 1. The molecule has 2 rings (SSSR count). The minimum absolute atomic E-state index is 0.0967. The predicted molar refractivity (Wildman–Crippen MR) is 87.2 cm³/mol. The Balaban J connectivity index is 2.31. The third-order valence-electron chi connectivity index (χ3n) is 3.13. The van der Waals surface area contributed by atoms with Crippen molar-refractivity contribution < 1.29 is 4.74 Å². The van der Waals surface area contributed by atoms with E-state index in [2.05, 4.69) is 15.9 Å². The van der Waals surface area contributed by atoms with E-state index in [0.717, 1.165) is 22.2 Å². The van der Waals surface area contributed by atoms with Gasteiger partial charge in [0.2, 0.25) is 0 Å². The third kappa shape index (κ3) is 3.75. The lowest BCUT2D eigenvalue weighted by molar-refractivity contribution is 0.170. The molecule has 0 saturated heterocycles. The van der Waals surface area contributed by atoms with Crippen LogP contribution >= 0.6 is 27.5 Å². The standard InChI is InChI=1S/C16H17BrClNO/c1-2-14(19)16(11-6-5-7-12(18)10-11)20-15-9-4-3-8-13(15)17/h3-10,14,16H,2,19H2,1H3. The number of halogens is 2. The fraction of sp³-hybridized carbons (Fsp3) is 0.250. The number of ether oxygens (including phenoxy) is 1. The lowest BCUT2D eigenvalue weighted by Crippen LogP contribution is -2.31. The van der Waals surface area contributed by atoms with Crippen molar-refractivity contribution in [3.63, 3.8) is 0 Å². The van der Waals surface area contributed by atoms with Crippen molar-refractivity contribution in [3.8, 4) is 5.75 Å². The lowest BCUT2D eigenvalue weighted by atomic mass is 10.0. The topological polar surface area (TPSA) is 35.2 Å². The van der Waals surface area contributed by atoms with E-state index in [-0.39, 0.29) is 12.1 Å². The quantitative estimate of drug-likeness (QED) is 0.823. The monoisotopic (exact) mass is 353 g/mol. The summed E-state index contributed by atoms with van der Waals surface area (Å²) in [6.07, 6.45) is 0.596. The van der Waals surface area contributed by atoms with E-state index in [1.54, 1.807) is 0 Å². The van der Waals surface area contributed by atoms with Crippen LogP contribution in [0.1, 0.15) is 25.0 Å². The number of rotatable bonds is 5. The molecular weight excluding hydrogens is 338 g/mol. The van der Waals surface area contributed by atoms with Gasteiger partial charge in [0.25, 0.3) is 0 Å². The summed E-state index contributed by atoms with van der Waals surface area (Å²) in [6, 6.07) is 15.3. The van der Waals surface area contributed by atoms with Crippen molar-refractivity contribution in [2.24, 2.45) is 5.73 Å². The molecule has 106 valence electrons. The van der Waals surface area contributed by atoms with Gasteiger partial charge in [-0.15, -0.1) is 0 Å². The second-order valence-electron chi connectivity index (χ2n) is 4.60. The van der Waals surface area contributed by atoms with Crippen molar-refractivity contribution in [3.05, 3.63) is 63.6 Å². The molecule has 0 bridgehead atoms. The third-order valence-corrected chi connectivity index (χ3v) is 4.02. The van der Waals surface area contributed by atoms with Crippen LogP contribution in [0.2, 0.25) is 5.02 Å². The Labute approximate surface area is 133 Å². The van der Waals surface area contributed by atoms with Crippen LogP contribution in [0.25, 0.3) is 0 Å². The highest BCUT2D eigenvalue weighted by molar-refractivity contribution is 9.10. The SMILES string of the molecule is CCC(N)C(Oc1ccccc1Br)c1cccc(Cl)c1. The van der Waals surface area contributed by atoms with Gasteiger partial charge in [-0.3, -0.25) is 0 Å². The molecule has 0 heterocycles. The van der Waals surface area contributed by atoms with Crippen LogP contribution in [0.3, 0.4) is 0 Å². The first-order chi connectivity index (χ1) is 9.61. The van der Waals surface area contributed by atoms with Crippen molar-refractivity contribution in [1.82, 2.24) is 0 Å². The van der Waals surface area contributed by atoms with Gasteiger partial charge in [0.1, 0.15) is 11.9 Å². The summed E-state index contributed by atoms with van der Waals surface area (Å²) >= 11 is 9.56. The molecular formula is C16H17BrClNO. The molecule has 2 aromatic rings. The molecule has 2 nitrogen and oxygen atoms in total. The molecule has 2 aromatic carbocycles. The van der Waals surface area contributed by atoms with Crippen molar-refractivity contribution in [2.45, 2.75) is 25.5 Å². The molecule has 0 amide bonds. The molecule has 0 spiro atoms. The first-order valence-corrected chi connectivity index (χ1v) is 7.71. The van der Waals surface area contributed by atoms with Gasteiger partial charge >= 0.3 is 0 Å². The molecule has 20 heavy (non-hydrogen) atoms. The maximum absolute atomic E-state index is 6.21. The van der Waals surface area contributed by atoms with Crippen LogP contribution in [0, 0.1) is 0 Å². The maximum Gasteiger partial charge on any atom is 0.139 e. The number of para-hydroxylation sites is 1. The van der Waals surface area contributed by atoms with Crippen LogP contribution in [0.15, 0.2) is 53.0 Å². The molecule has 2 unspecified atom stereocenters. The summed E-state index contributed by atoms with van der Waals surface area (Å²) in [5.74, 6) is 0.779. The van der Waals surface area contributed by atoms with Gasteiger partial charge in [0.15, 0.2) is 0 Å². The van der Waals surface area contributed by atoms with Crippen LogP contribution in [0.4, 0.5) is 0 Å². The largest absolute Gasteiger partial charge is 0.483 e. The molecule has 0 radical (unpaired) electrons. The summed E-state index contributed by atoms with van der Waals surface area (Å²) in [5.41, 5.74) is 7.20. The molecule has 0 aliphatic heterocycles. The number of nitrogens with two attached hydrogens (primary N) is 1. The second kappa shape index (κ2) is 7.11. The van der Waals surface area contributed by atoms with Gasteiger partial charge in [-0.2, -0.15) is 0 Å². The van der Waals surface area contributed by atoms with E-state index in [4.69, 9.17) is 22.1 Å². The van der Waals surface area contributed by atoms with E-state index in [1.807, 2.05) is 55.5 Å². The summed E-state index contributed by atoms with van der Waals surface area (Å²) < 4.78 is 7.02. The molecule has 0 aliphatic rings. The van der Waals surface area contributed by atoms with Crippen molar-refractivity contribution >= 4 is 27.5 Å². The van der Waals surface area contributed by atoms with Crippen LogP contribution in [-0.2, 0) is 0 Å². The number of benzene rings is 2. The Kier molecular flexibility index (Phi) is 5.46. The van der Waals surface area contributed by atoms with Crippen molar-refractivity contribution in [1.29, 1.82) is 0 Å². The second-order valence-corrected chi connectivity index (χ2v) is 5.89. The van der Waals surface area contributed by atoms with Gasteiger partial charge < -0.3 is 10.5 Å². The van der Waals surface area contributed by atoms with E-state index >= 15 is 0 Å². The Bertz CT molecular complexity index is 576. The van der Waals surface area contributed by atoms with E-state index in [1.165, 1.54) is 0 Å². The highest BCUT2D eigenvalue weighted by Gasteiger charge is 2.21. The molecule has 0 fully saturated rings. The molecule has 0 aromatic heterocycles. The molecule has 0 aliphatic carbocycles. The minimum Gasteiger partial charge on any atom is -0.483 e. The molecule has 4 heteroatoms. The zero-order chi connectivity index (χ0) is 14.5. The molecule has 0 saturated carbocycles. The number of hydrogen-bond acceptors (Lipinski definition) is 2. The Morgan fingerprint density at radius 1 is 1.20 bits per heavy atom. The highest BCUT2D eigenvalue weighted by atomic mass is 79.9. The first-order valence-electron chi connectivity index (χ1n) is 6.54. The molecule has 2 N–H and O–H groups in total. The first kappa shape index (κ1) is 15.4. The average Bonchev–Trinajstić information content (AvgIpc) is 2.45. The van der Waals surface area contributed by atoms with Crippen LogP contribution in [0.5, 0.6) is 5.75 Å². The zero-order valence-electron chi connectivity index (χ0n) is 11.2. The van der Waals surface area contributed by atoms with Gasteiger partial charge in [-0.05, 0) is 52.2 Å². The van der Waals surface area contributed by atoms with Gasteiger partial charge in [0, 0.05) is 11.1 Å². The summed E-state index contributed by atoms with van der Waals surface area (Å²) in [7, 11) is 0. The fourth-order valence-corrected chi connectivity index (χ4v) is 2.55.